The summed E-state index contributed by atoms with van der Waals surface area (Å²) in [6.07, 6.45) is 1.91. The SMILES string of the molecule is CCNC(=NCC(O)COCC1CC1)NC(C)c1cc2ccccc2o1. The van der Waals surface area contributed by atoms with Crippen LogP contribution in [-0.4, -0.2) is 43.5 Å². The van der Waals surface area contributed by atoms with Crippen molar-refractivity contribution in [1.82, 2.24) is 10.6 Å². The molecule has 1 fully saturated rings. The number of furan rings is 1. The summed E-state index contributed by atoms with van der Waals surface area (Å²) in [5.41, 5.74) is 0.876. The van der Waals surface area contributed by atoms with E-state index in [9.17, 15) is 5.11 Å². The summed E-state index contributed by atoms with van der Waals surface area (Å²) in [6.45, 7) is 6.17. The van der Waals surface area contributed by atoms with Gasteiger partial charge in [0.25, 0.3) is 0 Å². The molecule has 1 aliphatic carbocycles. The largest absolute Gasteiger partial charge is 0.459 e. The molecule has 0 bridgehead atoms. The summed E-state index contributed by atoms with van der Waals surface area (Å²) in [5.74, 6) is 2.21. The number of nitrogens with one attached hydrogen (secondary N) is 2. The van der Waals surface area contributed by atoms with Crippen LogP contribution >= 0.6 is 0 Å². The van der Waals surface area contributed by atoms with Crippen molar-refractivity contribution in [3.63, 3.8) is 0 Å². The number of ether oxygens (including phenoxy) is 1. The van der Waals surface area contributed by atoms with Gasteiger partial charge in [-0.3, -0.25) is 4.99 Å². The van der Waals surface area contributed by atoms with Crippen LogP contribution in [0.3, 0.4) is 0 Å². The molecule has 0 amide bonds. The molecule has 3 N–H and O–H groups in total. The molecule has 0 radical (unpaired) electrons. The van der Waals surface area contributed by atoms with Crippen LogP contribution in [0.5, 0.6) is 0 Å². The minimum Gasteiger partial charge on any atom is -0.459 e. The Hall–Kier alpha value is -2.05. The van der Waals surface area contributed by atoms with Crippen molar-refractivity contribution in [2.45, 2.75) is 38.8 Å². The number of aliphatic hydroxyl groups excluding tert-OH is 1. The van der Waals surface area contributed by atoms with E-state index in [0.717, 1.165) is 29.9 Å². The highest BCUT2D eigenvalue weighted by Gasteiger charge is 2.21. The summed E-state index contributed by atoms with van der Waals surface area (Å²) in [5, 5.41) is 17.7. The monoisotopic (exact) mass is 359 g/mol. The normalized spacial score (nSPS) is 17.3. The predicted molar refractivity (Wildman–Crippen MR) is 103 cm³/mol. The number of nitrogens with zero attached hydrogens (tertiary/aromatic N) is 1. The van der Waals surface area contributed by atoms with Crippen molar-refractivity contribution in [2.24, 2.45) is 10.9 Å². The Morgan fingerprint density at radius 1 is 1.38 bits per heavy atom. The quantitative estimate of drug-likeness (QED) is 0.474. The first-order chi connectivity index (χ1) is 12.7. The second kappa shape index (κ2) is 9.05. The van der Waals surface area contributed by atoms with Crippen LogP contribution in [0.1, 0.15) is 38.5 Å². The van der Waals surface area contributed by atoms with Gasteiger partial charge in [-0.05, 0) is 44.7 Å². The number of para-hydroxylation sites is 1. The molecule has 1 aliphatic rings. The van der Waals surface area contributed by atoms with Gasteiger partial charge in [-0.25, -0.2) is 0 Å². The van der Waals surface area contributed by atoms with Crippen LogP contribution in [0.25, 0.3) is 11.0 Å². The van der Waals surface area contributed by atoms with Crippen LogP contribution in [0.2, 0.25) is 0 Å². The van der Waals surface area contributed by atoms with Crippen LogP contribution in [0.4, 0.5) is 0 Å². The van der Waals surface area contributed by atoms with E-state index >= 15 is 0 Å². The van der Waals surface area contributed by atoms with Crippen LogP contribution in [0.15, 0.2) is 39.7 Å². The smallest absolute Gasteiger partial charge is 0.191 e. The summed E-state index contributed by atoms with van der Waals surface area (Å²) in [6, 6.07) is 9.96. The number of aliphatic imine (C=N–C) groups is 1. The lowest BCUT2D eigenvalue weighted by Gasteiger charge is -2.17. The molecule has 142 valence electrons. The number of hydrogen-bond donors (Lipinski definition) is 3. The fourth-order valence-corrected chi connectivity index (χ4v) is 2.72. The van der Waals surface area contributed by atoms with Crippen molar-refractivity contribution < 1.29 is 14.3 Å². The van der Waals surface area contributed by atoms with E-state index < -0.39 is 6.10 Å². The Kier molecular flexibility index (Phi) is 6.52. The first kappa shape index (κ1) is 18.7. The van der Waals surface area contributed by atoms with Gasteiger partial charge in [0, 0.05) is 18.5 Å². The lowest BCUT2D eigenvalue weighted by Crippen LogP contribution is -2.39. The minimum atomic E-state index is -0.592. The van der Waals surface area contributed by atoms with Gasteiger partial charge in [0.15, 0.2) is 5.96 Å². The van der Waals surface area contributed by atoms with Gasteiger partial charge < -0.3 is 24.9 Å². The van der Waals surface area contributed by atoms with Gasteiger partial charge >= 0.3 is 0 Å². The Labute approximate surface area is 154 Å². The van der Waals surface area contributed by atoms with E-state index in [1.54, 1.807) is 0 Å². The summed E-state index contributed by atoms with van der Waals surface area (Å²) >= 11 is 0. The highest BCUT2D eigenvalue weighted by molar-refractivity contribution is 5.81. The highest BCUT2D eigenvalue weighted by Crippen LogP contribution is 2.28. The fraction of sp³-hybridized carbons (Fsp3) is 0.550. The van der Waals surface area contributed by atoms with Crippen molar-refractivity contribution in [3.05, 3.63) is 36.1 Å². The average molecular weight is 359 g/mol. The molecule has 0 spiro atoms. The maximum Gasteiger partial charge on any atom is 0.191 e. The first-order valence-electron chi connectivity index (χ1n) is 9.44. The summed E-state index contributed by atoms with van der Waals surface area (Å²) in [4.78, 5) is 4.47. The van der Waals surface area contributed by atoms with E-state index in [-0.39, 0.29) is 6.04 Å². The Morgan fingerprint density at radius 3 is 2.92 bits per heavy atom. The Morgan fingerprint density at radius 2 is 2.19 bits per heavy atom. The van der Waals surface area contributed by atoms with Gasteiger partial charge in [0.05, 0.1) is 25.3 Å². The molecule has 6 heteroatoms. The van der Waals surface area contributed by atoms with Crippen LogP contribution in [0, 0.1) is 5.92 Å². The summed E-state index contributed by atoms with van der Waals surface area (Å²) in [7, 11) is 0. The molecule has 0 saturated heterocycles. The fourth-order valence-electron chi connectivity index (χ4n) is 2.72. The molecule has 26 heavy (non-hydrogen) atoms. The van der Waals surface area contributed by atoms with E-state index in [1.807, 2.05) is 44.2 Å². The van der Waals surface area contributed by atoms with Crippen molar-refractivity contribution >= 4 is 16.9 Å². The van der Waals surface area contributed by atoms with Gasteiger partial charge in [-0.15, -0.1) is 0 Å². The lowest BCUT2D eigenvalue weighted by atomic mass is 10.2. The predicted octanol–water partition coefficient (Wildman–Crippen LogP) is 2.84. The maximum atomic E-state index is 10.0. The number of guanidine groups is 1. The van der Waals surface area contributed by atoms with E-state index in [1.165, 1.54) is 12.8 Å². The number of aliphatic hydroxyl groups is 1. The van der Waals surface area contributed by atoms with Gasteiger partial charge in [-0.2, -0.15) is 0 Å². The van der Waals surface area contributed by atoms with Crippen molar-refractivity contribution in [3.8, 4) is 0 Å². The van der Waals surface area contributed by atoms with E-state index in [0.29, 0.717) is 25.0 Å². The van der Waals surface area contributed by atoms with Crippen molar-refractivity contribution in [2.75, 3.05) is 26.3 Å². The zero-order chi connectivity index (χ0) is 18.4. The maximum absolute atomic E-state index is 10.0. The van der Waals surface area contributed by atoms with E-state index in [4.69, 9.17) is 9.15 Å². The molecule has 2 atom stereocenters. The summed E-state index contributed by atoms with van der Waals surface area (Å²) < 4.78 is 11.4. The number of rotatable bonds is 9. The second-order valence-electron chi connectivity index (χ2n) is 6.91. The lowest BCUT2D eigenvalue weighted by molar-refractivity contribution is 0.0368. The topological polar surface area (TPSA) is 79.0 Å². The number of fused-ring (bicyclic) bond motifs is 1. The second-order valence-corrected chi connectivity index (χ2v) is 6.91. The van der Waals surface area contributed by atoms with Crippen LogP contribution < -0.4 is 10.6 Å². The molecule has 6 nitrogen and oxygen atoms in total. The number of benzene rings is 1. The Bertz CT molecular complexity index is 691. The molecule has 1 heterocycles. The molecule has 2 unspecified atom stereocenters. The zero-order valence-corrected chi connectivity index (χ0v) is 15.6. The number of hydrogen-bond acceptors (Lipinski definition) is 4. The highest BCUT2D eigenvalue weighted by atomic mass is 16.5. The molecule has 1 aromatic heterocycles. The van der Waals surface area contributed by atoms with E-state index in [2.05, 4.69) is 15.6 Å². The van der Waals surface area contributed by atoms with Gasteiger partial charge in [0.2, 0.25) is 0 Å². The van der Waals surface area contributed by atoms with Crippen molar-refractivity contribution in [1.29, 1.82) is 0 Å². The van der Waals surface area contributed by atoms with Crippen LogP contribution in [-0.2, 0) is 4.74 Å². The first-order valence-corrected chi connectivity index (χ1v) is 9.44. The average Bonchev–Trinajstić information content (AvgIpc) is 3.35. The molecule has 3 rings (SSSR count). The van der Waals surface area contributed by atoms with Gasteiger partial charge in [0.1, 0.15) is 11.3 Å². The standard InChI is InChI=1S/C20H29N3O3/c1-3-21-20(22-11-17(24)13-25-12-15-8-9-15)23-14(2)19-10-16-6-4-5-7-18(16)26-19/h4-7,10,14-15,17,24H,3,8-9,11-13H2,1-2H3,(H2,21,22,23). The third-order valence-corrected chi connectivity index (χ3v) is 4.39. The molecule has 2 aromatic rings. The zero-order valence-electron chi connectivity index (χ0n) is 15.6. The molecular weight excluding hydrogens is 330 g/mol. The third-order valence-electron chi connectivity index (χ3n) is 4.39. The Balaban J connectivity index is 1.53. The molecular formula is C20H29N3O3. The third kappa shape index (κ3) is 5.47. The molecule has 1 aromatic carbocycles. The van der Waals surface area contributed by atoms with Gasteiger partial charge in [-0.1, -0.05) is 18.2 Å². The molecule has 0 aliphatic heterocycles. The minimum absolute atomic E-state index is 0.0385. The molecule has 1 saturated carbocycles.